The first-order chi connectivity index (χ1) is 7.24. The van der Waals surface area contributed by atoms with Gasteiger partial charge in [-0.25, -0.2) is 4.98 Å². The molecule has 80 valence electrons. The number of thiazole rings is 1. The van der Waals surface area contributed by atoms with Crippen LogP contribution in [0.4, 0.5) is 0 Å². The molecule has 1 N–H and O–H groups in total. The molecule has 2 aromatic rings. The van der Waals surface area contributed by atoms with Crippen LogP contribution >= 0.6 is 11.3 Å². The highest BCUT2D eigenvalue weighted by Gasteiger charge is 1.98. The molecule has 0 atom stereocenters. The quantitative estimate of drug-likeness (QED) is 0.856. The van der Waals surface area contributed by atoms with E-state index in [9.17, 15) is 0 Å². The second kappa shape index (κ2) is 4.59. The van der Waals surface area contributed by atoms with Crippen molar-refractivity contribution in [1.29, 1.82) is 0 Å². The van der Waals surface area contributed by atoms with Crippen LogP contribution in [0.3, 0.4) is 0 Å². The van der Waals surface area contributed by atoms with Crippen LogP contribution in [0.2, 0.25) is 0 Å². The van der Waals surface area contributed by atoms with Gasteiger partial charge >= 0.3 is 0 Å². The first kappa shape index (κ1) is 10.4. The van der Waals surface area contributed by atoms with Crippen molar-refractivity contribution in [2.24, 2.45) is 7.05 Å². The van der Waals surface area contributed by atoms with E-state index in [0.29, 0.717) is 0 Å². The third-order valence-corrected chi connectivity index (χ3v) is 3.02. The van der Waals surface area contributed by atoms with Crippen LogP contribution in [0.15, 0.2) is 23.8 Å². The summed E-state index contributed by atoms with van der Waals surface area (Å²) in [7, 11) is 2.04. The number of nitrogens with zero attached hydrogens (tertiary/aromatic N) is 2. The molecule has 0 unspecified atom stereocenters. The lowest BCUT2D eigenvalue weighted by Gasteiger charge is -1.99. The van der Waals surface area contributed by atoms with Crippen molar-refractivity contribution in [3.05, 3.63) is 40.1 Å². The Hall–Kier alpha value is -1.13. The van der Waals surface area contributed by atoms with Gasteiger partial charge in [0, 0.05) is 37.9 Å². The van der Waals surface area contributed by atoms with Crippen molar-refractivity contribution in [2.75, 3.05) is 0 Å². The molecule has 2 heterocycles. The molecule has 0 aromatic carbocycles. The number of nitrogens with one attached hydrogen (secondary N) is 1. The molecule has 0 saturated carbocycles. The van der Waals surface area contributed by atoms with Crippen LogP contribution in [0.1, 0.15) is 16.3 Å². The van der Waals surface area contributed by atoms with Crippen LogP contribution in [-0.4, -0.2) is 9.55 Å². The maximum Gasteiger partial charge on any atom is 0.0897 e. The van der Waals surface area contributed by atoms with Crippen LogP contribution in [0, 0.1) is 6.92 Å². The van der Waals surface area contributed by atoms with Crippen molar-refractivity contribution in [3.63, 3.8) is 0 Å². The van der Waals surface area contributed by atoms with E-state index in [4.69, 9.17) is 0 Å². The van der Waals surface area contributed by atoms with Crippen molar-refractivity contribution in [1.82, 2.24) is 14.9 Å². The number of hydrogen-bond acceptors (Lipinski definition) is 3. The minimum Gasteiger partial charge on any atom is -0.357 e. The van der Waals surface area contributed by atoms with Gasteiger partial charge in [0.25, 0.3) is 0 Å². The smallest absolute Gasteiger partial charge is 0.0897 e. The summed E-state index contributed by atoms with van der Waals surface area (Å²) in [6.07, 6.45) is 4.18. The van der Waals surface area contributed by atoms with Crippen molar-refractivity contribution in [3.8, 4) is 0 Å². The first-order valence-corrected chi connectivity index (χ1v) is 5.84. The third kappa shape index (κ3) is 2.91. The molecule has 0 aliphatic rings. The molecular formula is C11H15N3S. The van der Waals surface area contributed by atoms with Crippen LogP contribution in [0.5, 0.6) is 0 Å². The summed E-state index contributed by atoms with van der Waals surface area (Å²) < 4.78 is 2.06. The number of aryl methyl sites for hydroxylation is 2. The van der Waals surface area contributed by atoms with Gasteiger partial charge in [-0.2, -0.15) is 0 Å². The molecule has 0 aliphatic carbocycles. The van der Waals surface area contributed by atoms with Gasteiger partial charge in [-0.05, 0) is 18.6 Å². The maximum absolute atomic E-state index is 4.40. The Morgan fingerprint density at radius 1 is 1.47 bits per heavy atom. The van der Waals surface area contributed by atoms with E-state index < -0.39 is 0 Å². The molecule has 2 aromatic heterocycles. The number of aromatic nitrogens is 2. The molecule has 0 aliphatic heterocycles. The zero-order valence-electron chi connectivity index (χ0n) is 9.03. The highest BCUT2D eigenvalue weighted by Crippen LogP contribution is 2.07. The standard InChI is InChI=1S/C11H15N3S/c1-9-13-11(8-15-9)6-12-5-10-3-4-14(2)7-10/h3-4,7-8,12H,5-6H2,1-2H3. The highest BCUT2D eigenvalue weighted by molar-refractivity contribution is 7.09. The van der Waals surface area contributed by atoms with E-state index in [0.717, 1.165) is 23.8 Å². The molecule has 3 nitrogen and oxygen atoms in total. The number of hydrogen-bond donors (Lipinski definition) is 1. The van der Waals surface area contributed by atoms with Gasteiger partial charge in [0.2, 0.25) is 0 Å². The van der Waals surface area contributed by atoms with Crippen molar-refractivity contribution >= 4 is 11.3 Å². The summed E-state index contributed by atoms with van der Waals surface area (Å²) in [6.45, 7) is 3.78. The van der Waals surface area contributed by atoms with E-state index in [1.54, 1.807) is 11.3 Å². The Kier molecular flexibility index (Phi) is 3.18. The molecule has 0 spiro atoms. The monoisotopic (exact) mass is 221 g/mol. The minimum absolute atomic E-state index is 0.846. The van der Waals surface area contributed by atoms with Crippen molar-refractivity contribution < 1.29 is 0 Å². The zero-order valence-corrected chi connectivity index (χ0v) is 9.84. The fraction of sp³-hybridized carbons (Fsp3) is 0.364. The Morgan fingerprint density at radius 2 is 2.33 bits per heavy atom. The second-order valence-electron chi connectivity index (χ2n) is 3.65. The third-order valence-electron chi connectivity index (χ3n) is 2.20. The molecule has 0 saturated heterocycles. The fourth-order valence-corrected chi connectivity index (χ4v) is 2.10. The molecule has 2 rings (SSSR count). The highest BCUT2D eigenvalue weighted by atomic mass is 32.1. The Balaban J connectivity index is 1.80. The van der Waals surface area contributed by atoms with E-state index in [-0.39, 0.29) is 0 Å². The average molecular weight is 221 g/mol. The SMILES string of the molecule is Cc1nc(CNCc2ccn(C)c2)cs1. The van der Waals surface area contributed by atoms with Gasteiger partial charge in [0.05, 0.1) is 10.7 Å². The maximum atomic E-state index is 4.40. The predicted octanol–water partition coefficient (Wildman–Crippen LogP) is 2.08. The van der Waals surface area contributed by atoms with E-state index in [1.165, 1.54) is 5.56 Å². The lowest BCUT2D eigenvalue weighted by atomic mass is 10.3. The topological polar surface area (TPSA) is 29.9 Å². The normalized spacial score (nSPS) is 10.8. The molecule has 0 bridgehead atoms. The summed E-state index contributed by atoms with van der Waals surface area (Å²) in [5.41, 5.74) is 2.44. The zero-order chi connectivity index (χ0) is 10.7. The van der Waals surface area contributed by atoms with E-state index in [2.05, 4.69) is 38.7 Å². The minimum atomic E-state index is 0.846. The van der Waals surface area contributed by atoms with Gasteiger partial charge < -0.3 is 9.88 Å². The lowest BCUT2D eigenvalue weighted by Crippen LogP contribution is -2.12. The summed E-state index contributed by atoms with van der Waals surface area (Å²) in [5.74, 6) is 0. The Morgan fingerprint density at radius 3 is 2.93 bits per heavy atom. The van der Waals surface area contributed by atoms with Crippen LogP contribution in [0.25, 0.3) is 0 Å². The Bertz CT molecular complexity index is 390. The van der Waals surface area contributed by atoms with Gasteiger partial charge in [0.1, 0.15) is 0 Å². The van der Waals surface area contributed by atoms with E-state index in [1.807, 2.05) is 14.0 Å². The molecule has 4 heteroatoms. The average Bonchev–Trinajstić information content (AvgIpc) is 2.76. The largest absolute Gasteiger partial charge is 0.357 e. The summed E-state index contributed by atoms with van der Waals surface area (Å²) in [4.78, 5) is 4.40. The van der Waals surface area contributed by atoms with E-state index >= 15 is 0 Å². The molecular weight excluding hydrogens is 206 g/mol. The molecule has 15 heavy (non-hydrogen) atoms. The Labute approximate surface area is 93.8 Å². The predicted molar refractivity (Wildman–Crippen MR) is 62.8 cm³/mol. The molecule has 0 amide bonds. The van der Waals surface area contributed by atoms with Gasteiger partial charge in [-0.15, -0.1) is 11.3 Å². The molecule has 0 fully saturated rings. The lowest BCUT2D eigenvalue weighted by molar-refractivity contribution is 0.680. The van der Waals surface area contributed by atoms with Gasteiger partial charge in [-0.1, -0.05) is 0 Å². The first-order valence-electron chi connectivity index (χ1n) is 4.96. The summed E-state index contributed by atoms with van der Waals surface area (Å²) in [5, 5.41) is 6.61. The van der Waals surface area contributed by atoms with Crippen LogP contribution in [-0.2, 0) is 20.1 Å². The van der Waals surface area contributed by atoms with Crippen molar-refractivity contribution in [2.45, 2.75) is 20.0 Å². The number of rotatable bonds is 4. The fourth-order valence-electron chi connectivity index (χ4n) is 1.49. The van der Waals surface area contributed by atoms with Gasteiger partial charge in [-0.3, -0.25) is 0 Å². The van der Waals surface area contributed by atoms with Gasteiger partial charge in [0.15, 0.2) is 0 Å². The summed E-state index contributed by atoms with van der Waals surface area (Å²) >= 11 is 1.70. The summed E-state index contributed by atoms with van der Waals surface area (Å²) in [6, 6.07) is 2.12. The second-order valence-corrected chi connectivity index (χ2v) is 4.71. The van der Waals surface area contributed by atoms with Crippen LogP contribution < -0.4 is 5.32 Å². The molecule has 0 radical (unpaired) electrons.